The molecule has 0 saturated carbocycles. The summed E-state index contributed by atoms with van der Waals surface area (Å²) in [6.45, 7) is 3.69. The first-order valence-electron chi connectivity index (χ1n) is 5.27. The first-order chi connectivity index (χ1) is 8.30. The second kappa shape index (κ2) is 4.04. The molecule has 0 spiro atoms. The van der Waals surface area contributed by atoms with Crippen molar-refractivity contribution >= 4 is 22.5 Å². The van der Waals surface area contributed by atoms with Crippen molar-refractivity contribution in [3.8, 4) is 0 Å². The molecule has 0 bridgehead atoms. The normalized spacial score (nSPS) is 11.8. The molecule has 1 heterocycles. The zero-order valence-electron chi connectivity index (χ0n) is 9.77. The van der Waals surface area contributed by atoms with Gasteiger partial charge in [-0.3, -0.25) is 4.79 Å². The maximum absolute atomic E-state index is 12.2. The standard InChI is InChI=1S/C12H11F3N2O/c1-6-7(2)16-10-8(6)4-3-5-9(10)17-11(18)12(13,14)15/h3-5,16H,1-2H3,(H,17,18). The van der Waals surface area contributed by atoms with Gasteiger partial charge in [0.25, 0.3) is 0 Å². The summed E-state index contributed by atoms with van der Waals surface area (Å²) >= 11 is 0. The number of alkyl halides is 3. The average Bonchev–Trinajstić information content (AvgIpc) is 2.56. The molecule has 3 nitrogen and oxygen atoms in total. The zero-order chi connectivity index (χ0) is 13.5. The van der Waals surface area contributed by atoms with Gasteiger partial charge in [0, 0.05) is 11.1 Å². The lowest BCUT2D eigenvalue weighted by Gasteiger charge is -2.08. The van der Waals surface area contributed by atoms with Gasteiger partial charge in [-0.05, 0) is 25.5 Å². The molecule has 96 valence electrons. The van der Waals surface area contributed by atoms with E-state index in [1.807, 2.05) is 19.2 Å². The fraction of sp³-hybridized carbons (Fsp3) is 0.250. The van der Waals surface area contributed by atoms with Gasteiger partial charge in [0.1, 0.15) is 0 Å². The van der Waals surface area contributed by atoms with Gasteiger partial charge in [0.05, 0.1) is 11.2 Å². The number of anilines is 1. The van der Waals surface area contributed by atoms with Gasteiger partial charge < -0.3 is 10.3 Å². The zero-order valence-corrected chi connectivity index (χ0v) is 9.77. The summed E-state index contributed by atoms with van der Waals surface area (Å²) in [5, 5.41) is 2.67. The van der Waals surface area contributed by atoms with Crippen LogP contribution in [0, 0.1) is 13.8 Å². The van der Waals surface area contributed by atoms with Gasteiger partial charge >= 0.3 is 12.1 Å². The maximum Gasteiger partial charge on any atom is 0.471 e. The third-order valence-corrected chi connectivity index (χ3v) is 2.85. The van der Waals surface area contributed by atoms with Crippen LogP contribution in [0.1, 0.15) is 11.3 Å². The Bertz CT molecular complexity index is 614. The smallest absolute Gasteiger partial charge is 0.357 e. The van der Waals surface area contributed by atoms with Crippen LogP contribution in [0.4, 0.5) is 18.9 Å². The Hall–Kier alpha value is -1.98. The minimum Gasteiger partial charge on any atom is -0.357 e. The number of rotatable bonds is 1. The Morgan fingerprint density at radius 1 is 1.28 bits per heavy atom. The average molecular weight is 256 g/mol. The molecule has 1 aromatic heterocycles. The third-order valence-electron chi connectivity index (χ3n) is 2.85. The summed E-state index contributed by atoms with van der Waals surface area (Å²) in [5.74, 6) is -1.97. The lowest BCUT2D eigenvalue weighted by molar-refractivity contribution is -0.167. The van der Waals surface area contributed by atoms with Gasteiger partial charge in [-0.2, -0.15) is 13.2 Å². The molecule has 0 radical (unpaired) electrons. The molecule has 1 amide bonds. The number of aromatic amines is 1. The summed E-state index contributed by atoms with van der Waals surface area (Å²) in [7, 11) is 0. The first-order valence-corrected chi connectivity index (χ1v) is 5.27. The number of nitrogens with one attached hydrogen (secondary N) is 2. The molecule has 0 aliphatic carbocycles. The molecule has 2 rings (SSSR count). The van der Waals surface area contributed by atoms with E-state index in [1.54, 1.807) is 12.1 Å². The largest absolute Gasteiger partial charge is 0.471 e. The van der Waals surface area contributed by atoms with Gasteiger partial charge in [0.2, 0.25) is 0 Å². The molecule has 2 N–H and O–H groups in total. The Labute approximate surface area is 101 Å². The summed E-state index contributed by atoms with van der Waals surface area (Å²) in [4.78, 5) is 13.9. The molecule has 18 heavy (non-hydrogen) atoms. The predicted molar refractivity (Wildman–Crippen MR) is 62.5 cm³/mol. The lowest BCUT2D eigenvalue weighted by Crippen LogP contribution is -2.30. The monoisotopic (exact) mass is 256 g/mol. The number of fused-ring (bicyclic) bond motifs is 1. The second-order valence-corrected chi connectivity index (χ2v) is 4.06. The fourth-order valence-corrected chi connectivity index (χ4v) is 1.78. The summed E-state index contributed by atoms with van der Waals surface area (Å²) < 4.78 is 36.6. The van der Waals surface area contributed by atoms with Crippen molar-refractivity contribution < 1.29 is 18.0 Å². The van der Waals surface area contributed by atoms with Crippen LogP contribution in [-0.2, 0) is 4.79 Å². The number of H-pyrrole nitrogens is 1. The highest BCUT2D eigenvalue weighted by Gasteiger charge is 2.38. The molecular formula is C12H11F3N2O. The first kappa shape index (κ1) is 12.5. The number of carbonyl (C=O) groups is 1. The van der Waals surface area contributed by atoms with E-state index >= 15 is 0 Å². The van der Waals surface area contributed by atoms with Crippen molar-refractivity contribution in [2.24, 2.45) is 0 Å². The number of carbonyl (C=O) groups excluding carboxylic acids is 1. The molecule has 0 atom stereocenters. The van der Waals surface area contributed by atoms with E-state index in [-0.39, 0.29) is 5.69 Å². The second-order valence-electron chi connectivity index (χ2n) is 4.06. The van der Waals surface area contributed by atoms with Crippen LogP contribution in [0.3, 0.4) is 0 Å². The molecular weight excluding hydrogens is 245 g/mol. The van der Waals surface area contributed by atoms with Crippen molar-refractivity contribution in [2.45, 2.75) is 20.0 Å². The Morgan fingerprint density at radius 3 is 2.56 bits per heavy atom. The molecule has 0 saturated heterocycles. The van der Waals surface area contributed by atoms with Crippen molar-refractivity contribution in [1.82, 2.24) is 4.98 Å². The molecule has 0 aliphatic rings. The van der Waals surface area contributed by atoms with Gasteiger partial charge in [-0.15, -0.1) is 0 Å². The number of aromatic nitrogens is 1. The highest BCUT2D eigenvalue weighted by Crippen LogP contribution is 2.28. The molecule has 6 heteroatoms. The molecule has 1 aromatic carbocycles. The minimum absolute atomic E-state index is 0.131. The Morgan fingerprint density at radius 2 is 1.94 bits per heavy atom. The van der Waals surface area contributed by atoms with Crippen molar-refractivity contribution in [1.29, 1.82) is 0 Å². The van der Waals surface area contributed by atoms with Crippen LogP contribution in [0.5, 0.6) is 0 Å². The lowest BCUT2D eigenvalue weighted by atomic mass is 10.1. The van der Waals surface area contributed by atoms with Gasteiger partial charge in [-0.1, -0.05) is 12.1 Å². The maximum atomic E-state index is 12.2. The van der Waals surface area contributed by atoms with E-state index < -0.39 is 12.1 Å². The number of hydrogen-bond donors (Lipinski definition) is 2. The van der Waals surface area contributed by atoms with Crippen LogP contribution in [0.15, 0.2) is 18.2 Å². The van der Waals surface area contributed by atoms with Gasteiger partial charge in [0.15, 0.2) is 0 Å². The van der Waals surface area contributed by atoms with Crippen LogP contribution >= 0.6 is 0 Å². The van der Waals surface area contributed by atoms with Crippen molar-refractivity contribution in [2.75, 3.05) is 5.32 Å². The number of para-hydroxylation sites is 1. The highest BCUT2D eigenvalue weighted by molar-refractivity contribution is 6.03. The molecule has 0 aliphatic heterocycles. The van der Waals surface area contributed by atoms with Crippen molar-refractivity contribution in [3.63, 3.8) is 0 Å². The summed E-state index contributed by atoms with van der Waals surface area (Å²) in [5.41, 5.74) is 2.45. The van der Waals surface area contributed by atoms with E-state index in [4.69, 9.17) is 0 Å². The SMILES string of the molecule is Cc1[nH]c2c(NC(=O)C(F)(F)F)cccc2c1C. The molecule has 0 unspecified atom stereocenters. The van der Waals surface area contributed by atoms with Crippen LogP contribution in [0.25, 0.3) is 10.9 Å². The summed E-state index contributed by atoms with van der Waals surface area (Å²) in [6.07, 6.45) is -4.89. The Kier molecular flexibility index (Phi) is 2.80. The van der Waals surface area contributed by atoms with E-state index in [0.717, 1.165) is 16.6 Å². The quantitative estimate of drug-likeness (QED) is 0.808. The molecule has 0 fully saturated rings. The number of aryl methyl sites for hydroxylation is 2. The van der Waals surface area contributed by atoms with E-state index in [1.165, 1.54) is 6.07 Å². The number of amides is 1. The molecule has 2 aromatic rings. The third kappa shape index (κ3) is 2.05. The van der Waals surface area contributed by atoms with E-state index in [2.05, 4.69) is 4.98 Å². The fourth-order valence-electron chi connectivity index (χ4n) is 1.78. The van der Waals surface area contributed by atoms with E-state index in [9.17, 15) is 18.0 Å². The Balaban J connectivity index is 2.46. The van der Waals surface area contributed by atoms with Crippen LogP contribution < -0.4 is 5.32 Å². The number of benzene rings is 1. The summed E-state index contributed by atoms with van der Waals surface area (Å²) in [6, 6.07) is 4.83. The van der Waals surface area contributed by atoms with Crippen molar-refractivity contribution in [3.05, 3.63) is 29.5 Å². The minimum atomic E-state index is -4.89. The topological polar surface area (TPSA) is 44.9 Å². The highest BCUT2D eigenvalue weighted by atomic mass is 19.4. The van der Waals surface area contributed by atoms with Gasteiger partial charge in [-0.25, -0.2) is 0 Å². The van der Waals surface area contributed by atoms with E-state index in [0.29, 0.717) is 5.52 Å². The number of halogens is 3. The number of hydrogen-bond acceptors (Lipinski definition) is 1. The van der Waals surface area contributed by atoms with Crippen LogP contribution in [-0.4, -0.2) is 17.1 Å². The predicted octanol–water partition coefficient (Wildman–Crippen LogP) is 3.29. The van der Waals surface area contributed by atoms with Crippen LogP contribution in [0.2, 0.25) is 0 Å².